The lowest BCUT2D eigenvalue weighted by Crippen LogP contribution is -2.16. The van der Waals surface area contributed by atoms with Crippen LogP contribution in [0, 0.1) is 0 Å². The Bertz CT molecular complexity index is 498. The number of aromatic nitrogens is 2. The van der Waals surface area contributed by atoms with Crippen LogP contribution in [0.15, 0.2) is 24.3 Å². The second kappa shape index (κ2) is 4.32. The van der Waals surface area contributed by atoms with Gasteiger partial charge in [-0.3, -0.25) is 0 Å². The number of nitrogen functional groups attached to an aromatic ring is 1. The molecule has 0 aliphatic carbocycles. The van der Waals surface area contributed by atoms with Crippen LogP contribution in [-0.4, -0.2) is 27.7 Å². The Labute approximate surface area is 93.3 Å². The van der Waals surface area contributed by atoms with E-state index in [9.17, 15) is 5.11 Å². The van der Waals surface area contributed by atoms with E-state index in [1.807, 2.05) is 24.3 Å². The zero-order valence-corrected chi connectivity index (χ0v) is 9.01. The van der Waals surface area contributed by atoms with Crippen molar-refractivity contribution in [2.45, 2.75) is 13.0 Å². The van der Waals surface area contributed by atoms with Crippen LogP contribution in [0.3, 0.4) is 0 Å². The summed E-state index contributed by atoms with van der Waals surface area (Å²) in [6, 6.07) is 7.60. The Morgan fingerprint density at radius 2 is 2.12 bits per heavy atom. The minimum atomic E-state index is -0.435. The number of nitrogens with zero attached hydrogens (tertiary/aromatic N) is 2. The molecule has 0 spiro atoms. The number of nitrogens with one attached hydrogen (secondary N) is 1. The summed E-state index contributed by atoms with van der Waals surface area (Å²) in [5.41, 5.74) is 6.40. The topological polar surface area (TPSA) is 84.1 Å². The number of aliphatic hydroxyl groups is 1. The Hall–Kier alpha value is -1.88. The third kappa shape index (κ3) is 2.20. The third-order valence-electron chi connectivity index (χ3n) is 2.19. The maximum atomic E-state index is 9.22. The Balaban J connectivity index is 2.42. The number of para-hydroxylation sites is 1. The highest BCUT2D eigenvalue weighted by Gasteiger charge is 2.05. The van der Waals surface area contributed by atoms with Gasteiger partial charge in [-0.15, -0.1) is 0 Å². The van der Waals surface area contributed by atoms with Gasteiger partial charge in [0.1, 0.15) is 5.82 Å². The standard InChI is InChI=1S/C11H14N4O/c1-7(16)6-13-10-8-4-2-3-5-9(8)14-11(12)15-10/h2-5,7,16H,6H2,1H3,(H3,12,13,14,15). The van der Waals surface area contributed by atoms with Crippen molar-refractivity contribution in [3.05, 3.63) is 24.3 Å². The van der Waals surface area contributed by atoms with Gasteiger partial charge in [0, 0.05) is 11.9 Å². The monoisotopic (exact) mass is 218 g/mol. The molecule has 0 radical (unpaired) electrons. The summed E-state index contributed by atoms with van der Waals surface area (Å²) in [6.45, 7) is 2.14. The van der Waals surface area contributed by atoms with Gasteiger partial charge < -0.3 is 16.2 Å². The van der Waals surface area contributed by atoms with Gasteiger partial charge in [0.25, 0.3) is 0 Å². The molecule has 0 amide bonds. The van der Waals surface area contributed by atoms with Crippen LogP contribution in [0.4, 0.5) is 11.8 Å². The maximum Gasteiger partial charge on any atom is 0.222 e. The molecule has 0 bridgehead atoms. The predicted molar refractivity (Wildman–Crippen MR) is 64.1 cm³/mol. The molecule has 1 aromatic heterocycles. The summed E-state index contributed by atoms with van der Waals surface area (Å²) in [6.07, 6.45) is -0.435. The Morgan fingerprint density at radius 1 is 1.38 bits per heavy atom. The molecule has 1 atom stereocenters. The second-order valence-corrected chi connectivity index (χ2v) is 3.68. The molecule has 16 heavy (non-hydrogen) atoms. The van der Waals surface area contributed by atoms with Gasteiger partial charge in [0.15, 0.2) is 0 Å². The van der Waals surface area contributed by atoms with E-state index in [0.717, 1.165) is 10.9 Å². The zero-order chi connectivity index (χ0) is 11.5. The van der Waals surface area contributed by atoms with E-state index in [4.69, 9.17) is 5.73 Å². The summed E-state index contributed by atoms with van der Waals surface area (Å²) >= 11 is 0. The molecule has 84 valence electrons. The number of hydrogen-bond acceptors (Lipinski definition) is 5. The summed E-state index contributed by atoms with van der Waals surface area (Å²) in [5.74, 6) is 0.885. The highest BCUT2D eigenvalue weighted by atomic mass is 16.3. The van der Waals surface area contributed by atoms with Crippen molar-refractivity contribution in [3.63, 3.8) is 0 Å². The molecule has 4 N–H and O–H groups in total. The molecule has 1 unspecified atom stereocenters. The van der Waals surface area contributed by atoms with E-state index in [1.54, 1.807) is 6.92 Å². The lowest BCUT2D eigenvalue weighted by atomic mass is 10.2. The summed E-state index contributed by atoms with van der Waals surface area (Å²) in [7, 11) is 0. The highest BCUT2D eigenvalue weighted by molar-refractivity contribution is 5.89. The van der Waals surface area contributed by atoms with Crippen molar-refractivity contribution >= 4 is 22.7 Å². The van der Waals surface area contributed by atoms with Crippen LogP contribution in [0.25, 0.3) is 10.9 Å². The summed E-state index contributed by atoms with van der Waals surface area (Å²) < 4.78 is 0. The average Bonchev–Trinajstić information content (AvgIpc) is 2.25. The molecule has 0 fully saturated rings. The number of rotatable bonds is 3. The van der Waals surface area contributed by atoms with Gasteiger partial charge in [-0.1, -0.05) is 12.1 Å². The molecule has 1 heterocycles. The molecule has 2 aromatic rings. The molecule has 0 saturated heterocycles. The highest BCUT2D eigenvalue weighted by Crippen LogP contribution is 2.20. The minimum absolute atomic E-state index is 0.229. The smallest absolute Gasteiger partial charge is 0.222 e. The molecule has 5 heteroatoms. The minimum Gasteiger partial charge on any atom is -0.392 e. The number of fused-ring (bicyclic) bond motifs is 1. The Kier molecular flexibility index (Phi) is 2.87. The summed E-state index contributed by atoms with van der Waals surface area (Å²) in [5, 5.41) is 13.2. The van der Waals surface area contributed by atoms with Crippen molar-refractivity contribution in [1.82, 2.24) is 9.97 Å². The quantitative estimate of drug-likeness (QED) is 0.716. The van der Waals surface area contributed by atoms with Crippen LogP contribution < -0.4 is 11.1 Å². The molecule has 0 saturated carbocycles. The number of benzene rings is 1. The molecule has 0 aliphatic heterocycles. The van der Waals surface area contributed by atoms with Gasteiger partial charge in [-0.05, 0) is 19.1 Å². The molecule has 0 aliphatic rings. The molecular formula is C11H14N4O. The third-order valence-corrected chi connectivity index (χ3v) is 2.19. The molecular weight excluding hydrogens is 204 g/mol. The first-order valence-corrected chi connectivity index (χ1v) is 5.11. The van der Waals surface area contributed by atoms with Crippen LogP contribution in [0.1, 0.15) is 6.92 Å². The fourth-order valence-corrected chi connectivity index (χ4v) is 1.47. The van der Waals surface area contributed by atoms with E-state index in [1.165, 1.54) is 0 Å². The van der Waals surface area contributed by atoms with Gasteiger partial charge >= 0.3 is 0 Å². The molecule has 5 nitrogen and oxygen atoms in total. The van der Waals surface area contributed by atoms with E-state index in [-0.39, 0.29) is 5.95 Å². The average molecular weight is 218 g/mol. The lowest BCUT2D eigenvalue weighted by Gasteiger charge is -2.10. The first-order chi connectivity index (χ1) is 7.66. The number of aliphatic hydroxyl groups excluding tert-OH is 1. The van der Waals surface area contributed by atoms with E-state index in [0.29, 0.717) is 12.4 Å². The van der Waals surface area contributed by atoms with E-state index < -0.39 is 6.10 Å². The van der Waals surface area contributed by atoms with E-state index >= 15 is 0 Å². The van der Waals surface area contributed by atoms with E-state index in [2.05, 4.69) is 15.3 Å². The number of anilines is 2. The number of hydrogen-bond donors (Lipinski definition) is 3. The predicted octanol–water partition coefficient (Wildman–Crippen LogP) is 1.00. The summed E-state index contributed by atoms with van der Waals surface area (Å²) in [4.78, 5) is 8.25. The van der Waals surface area contributed by atoms with Crippen molar-refractivity contribution < 1.29 is 5.11 Å². The first kappa shape index (κ1) is 10.6. The van der Waals surface area contributed by atoms with Crippen molar-refractivity contribution in [2.75, 3.05) is 17.6 Å². The SMILES string of the molecule is CC(O)CNc1nc(N)nc2ccccc12. The van der Waals surface area contributed by atoms with Gasteiger partial charge in [0.2, 0.25) is 5.95 Å². The van der Waals surface area contributed by atoms with Gasteiger partial charge in [0.05, 0.1) is 11.6 Å². The molecule has 1 aromatic carbocycles. The second-order valence-electron chi connectivity index (χ2n) is 3.68. The fourth-order valence-electron chi connectivity index (χ4n) is 1.47. The van der Waals surface area contributed by atoms with Crippen LogP contribution in [-0.2, 0) is 0 Å². The fraction of sp³-hybridized carbons (Fsp3) is 0.273. The number of nitrogens with two attached hydrogens (primary N) is 1. The van der Waals surface area contributed by atoms with Gasteiger partial charge in [-0.2, -0.15) is 4.98 Å². The lowest BCUT2D eigenvalue weighted by molar-refractivity contribution is 0.208. The zero-order valence-electron chi connectivity index (χ0n) is 9.01. The first-order valence-electron chi connectivity index (χ1n) is 5.11. The van der Waals surface area contributed by atoms with Crippen molar-refractivity contribution in [2.24, 2.45) is 0 Å². The van der Waals surface area contributed by atoms with Gasteiger partial charge in [-0.25, -0.2) is 4.98 Å². The normalized spacial score (nSPS) is 12.6. The maximum absolute atomic E-state index is 9.22. The van der Waals surface area contributed by atoms with Crippen LogP contribution in [0.2, 0.25) is 0 Å². The Morgan fingerprint density at radius 3 is 2.88 bits per heavy atom. The largest absolute Gasteiger partial charge is 0.392 e. The van der Waals surface area contributed by atoms with Crippen molar-refractivity contribution in [3.8, 4) is 0 Å². The molecule has 2 rings (SSSR count). The van der Waals surface area contributed by atoms with Crippen molar-refractivity contribution in [1.29, 1.82) is 0 Å². The van der Waals surface area contributed by atoms with Crippen LogP contribution in [0.5, 0.6) is 0 Å². The van der Waals surface area contributed by atoms with Crippen LogP contribution >= 0.6 is 0 Å².